The molecule has 0 N–H and O–H groups in total. The van der Waals surface area contributed by atoms with Crippen molar-refractivity contribution in [2.75, 3.05) is 0 Å². The molecule has 0 atom stereocenters. The molecule has 339 valence electrons. The van der Waals surface area contributed by atoms with Gasteiger partial charge in [-0.25, -0.2) is 24.5 Å². The Morgan fingerprint density at radius 2 is 0.775 bits per heavy atom. The number of hydrogen-bond donors (Lipinski definition) is 0. The van der Waals surface area contributed by atoms with Crippen LogP contribution >= 0.6 is 0 Å². The summed E-state index contributed by atoms with van der Waals surface area (Å²) in [5, 5.41) is 8.97. The van der Waals surface area contributed by atoms with Gasteiger partial charge in [0.25, 0.3) is 0 Å². The first-order chi connectivity index (χ1) is 34.4. The van der Waals surface area contributed by atoms with Gasteiger partial charge in [0.05, 0.1) is 42.7 Å². The second kappa shape index (κ2) is 22.6. The molecule has 4 heterocycles. The zero-order valence-electron chi connectivity index (χ0n) is 37.2. The molecule has 0 unspecified atom stereocenters. The summed E-state index contributed by atoms with van der Waals surface area (Å²) < 4.78 is 23.6. The minimum absolute atomic E-state index is 0. The average molecular weight is 966 g/mol. The largest absolute Gasteiger partial charge is 2.00 e. The van der Waals surface area contributed by atoms with Gasteiger partial charge < -0.3 is 28.9 Å². The molecular weight excluding hydrogens is 932 g/mol. The number of aliphatic imine (C=N–C) groups is 2. The van der Waals surface area contributed by atoms with E-state index in [1.807, 2.05) is 84.9 Å². The smallest absolute Gasteiger partial charge is 0.626 e. The predicted molar refractivity (Wildman–Crippen MR) is 268 cm³/mol. The summed E-state index contributed by atoms with van der Waals surface area (Å²) in [5.74, 6) is 4.21. The van der Waals surface area contributed by atoms with Crippen molar-refractivity contribution in [3.05, 3.63) is 280 Å². The van der Waals surface area contributed by atoms with Crippen LogP contribution in [0.25, 0.3) is 25.7 Å². The third-order valence-corrected chi connectivity index (χ3v) is 10.4. The van der Waals surface area contributed by atoms with Gasteiger partial charge in [-0.2, -0.15) is 5.26 Å². The Morgan fingerprint density at radius 1 is 0.423 bits per heavy atom. The number of benzene rings is 6. The number of nitriles is 1. The molecule has 0 saturated carbocycles. The maximum absolute atomic E-state index is 8.97. The average Bonchev–Trinajstić information content (AvgIpc) is 4.27. The minimum Gasteiger partial charge on any atom is -0.626 e. The van der Waals surface area contributed by atoms with Crippen LogP contribution in [0.3, 0.4) is 0 Å². The van der Waals surface area contributed by atoms with E-state index < -0.39 is 0 Å². The van der Waals surface area contributed by atoms with Crippen LogP contribution in [-0.2, 0) is 16.8 Å². The number of ether oxygens (including phenoxy) is 4. The summed E-state index contributed by atoms with van der Waals surface area (Å²) in [7, 11) is 0. The van der Waals surface area contributed by atoms with Crippen molar-refractivity contribution in [1.82, 2.24) is 9.97 Å². The molecule has 2 aromatic heterocycles. The molecule has 2 aliphatic heterocycles. The van der Waals surface area contributed by atoms with Gasteiger partial charge in [-0.05, 0) is 107 Å². The molecule has 1 radical (unpaired) electrons. The van der Waals surface area contributed by atoms with E-state index in [0.29, 0.717) is 80.6 Å². The van der Waals surface area contributed by atoms with Crippen LogP contribution in [-0.4, -0.2) is 11.8 Å². The number of aromatic nitrogens is 2. The molecule has 0 fully saturated rings. The summed E-state index contributed by atoms with van der Waals surface area (Å²) in [4.78, 5) is 28.9. The van der Waals surface area contributed by atoms with Crippen LogP contribution < -0.4 is 28.9 Å². The van der Waals surface area contributed by atoms with E-state index in [0.717, 1.165) is 33.7 Å². The number of nitrogens with zero attached hydrogens (tertiary/aromatic N) is 8. The maximum Gasteiger partial charge on any atom is 2.00 e. The summed E-state index contributed by atoms with van der Waals surface area (Å²) in [5.41, 5.74) is 8.70. The van der Waals surface area contributed by atoms with Gasteiger partial charge in [0.2, 0.25) is 11.8 Å². The zero-order valence-corrected chi connectivity index (χ0v) is 38.2. The van der Waals surface area contributed by atoms with Crippen LogP contribution in [0.4, 0.5) is 17.1 Å². The summed E-state index contributed by atoms with van der Waals surface area (Å²) in [6, 6.07) is 56.9. The predicted octanol–water partition coefficient (Wildman–Crippen LogP) is 14.0. The fourth-order valence-corrected chi connectivity index (χ4v) is 7.07. The van der Waals surface area contributed by atoms with Crippen molar-refractivity contribution in [3.63, 3.8) is 0 Å². The van der Waals surface area contributed by atoms with Crippen molar-refractivity contribution in [3.8, 4) is 40.8 Å². The molecule has 71 heavy (non-hydrogen) atoms. The van der Waals surface area contributed by atoms with Gasteiger partial charge in [0.15, 0.2) is 17.1 Å². The Labute approximate surface area is 419 Å². The topological polar surface area (TPSA) is 127 Å². The maximum atomic E-state index is 8.97. The van der Waals surface area contributed by atoms with Crippen LogP contribution in [0.2, 0.25) is 0 Å². The fraction of sp³-hybridized carbons (Fsp3) is 0. The van der Waals surface area contributed by atoms with E-state index in [-0.39, 0.29) is 16.8 Å². The Balaban J connectivity index is 0.000000188. The summed E-state index contributed by atoms with van der Waals surface area (Å²) in [6.07, 6.45) is 7.39. The van der Waals surface area contributed by atoms with Gasteiger partial charge in [0, 0.05) is 23.9 Å². The molecule has 0 bridgehead atoms. The zero-order chi connectivity index (χ0) is 48.1. The second-order valence-electron chi connectivity index (χ2n) is 15.0. The Kier molecular flexibility index (Phi) is 15.0. The van der Waals surface area contributed by atoms with E-state index in [2.05, 4.69) is 40.6 Å². The molecule has 0 amide bonds. The van der Waals surface area contributed by atoms with Crippen molar-refractivity contribution in [2.24, 2.45) is 9.98 Å². The number of hydrogen-bond acceptors (Lipinski definition) is 7. The van der Waals surface area contributed by atoms with E-state index >= 15 is 0 Å². The van der Waals surface area contributed by atoms with Crippen LogP contribution in [0.1, 0.15) is 28.1 Å². The third-order valence-electron chi connectivity index (χ3n) is 10.4. The van der Waals surface area contributed by atoms with Crippen LogP contribution in [0.5, 0.6) is 34.8 Å². The van der Waals surface area contributed by atoms with Crippen molar-refractivity contribution in [2.45, 2.75) is 0 Å². The number of allylic oxidation sites excluding steroid dienone is 2. The van der Waals surface area contributed by atoms with E-state index in [9.17, 15) is 0 Å². The van der Waals surface area contributed by atoms with Gasteiger partial charge in [-0.3, -0.25) is 0 Å². The van der Waals surface area contributed by atoms with Crippen molar-refractivity contribution < 1.29 is 35.7 Å². The SMILES string of the molecule is [C-]#[N+]c1ccc(OC2=N/C(=C(/c3ccccc3)c3ccc(Oc4ccc([N+]#[C-])cc4)[n-]3)C=C2)cc1.[C-]#[N+]c1ccc(Oc2ccc(/C(=C3/C=CC(Oc4ccc(C#N)cc4)=N3)c3ccccc3)[n-]2)cc1.[Co+2]. The Morgan fingerprint density at radius 3 is 1.13 bits per heavy atom. The van der Waals surface area contributed by atoms with Crippen LogP contribution in [0, 0.1) is 31.0 Å². The quantitative estimate of drug-likeness (QED) is 0.125. The van der Waals surface area contributed by atoms with E-state index in [1.54, 1.807) is 121 Å². The standard InChI is InChI=1S/2C29H17N4O2.Co/c1-30-21-8-12-23(13-9-21)34-27-18-16-25(32-27)29(20-6-4-3-5-7-20)26-17-19-28(33-26)35-24-14-10-22(31-2)11-15-24;1-31-22-9-13-24(14-10-22)35-28-18-16-26(33-28)29(21-5-3-2-4-6-21)25-15-17-27(32-25)34-23-11-7-20(19-30)8-12-23;/h3-19H;2-18H;/q2*-1;+2/b2*29-25-;. The van der Waals surface area contributed by atoms with Crippen molar-refractivity contribution in [1.29, 1.82) is 5.26 Å². The molecule has 6 aromatic carbocycles. The van der Waals surface area contributed by atoms with Gasteiger partial charge in [-0.1, -0.05) is 109 Å². The molecule has 2 aliphatic rings. The van der Waals surface area contributed by atoms with E-state index in [1.165, 1.54) is 0 Å². The Hall–Kier alpha value is -10.2. The first-order valence-corrected chi connectivity index (χ1v) is 21.5. The number of rotatable bonds is 10. The Bertz CT molecular complexity index is 3310. The third kappa shape index (κ3) is 11.9. The molecule has 13 heteroatoms. The minimum atomic E-state index is 0. The first kappa shape index (κ1) is 47.3. The molecule has 0 spiro atoms. The second-order valence-corrected chi connectivity index (χ2v) is 15.0. The molecule has 8 aromatic rings. The molecule has 0 aliphatic carbocycles. The van der Waals surface area contributed by atoms with Crippen LogP contribution in [0.15, 0.2) is 228 Å². The van der Waals surface area contributed by atoms with Gasteiger partial charge in [0.1, 0.15) is 23.0 Å². The fourth-order valence-electron chi connectivity index (χ4n) is 7.07. The van der Waals surface area contributed by atoms with Crippen molar-refractivity contribution >= 4 is 40.0 Å². The first-order valence-electron chi connectivity index (χ1n) is 21.5. The normalized spacial score (nSPS) is 13.3. The monoisotopic (exact) mass is 965 g/mol. The van der Waals surface area contributed by atoms with E-state index in [4.69, 9.17) is 43.9 Å². The molecule has 0 saturated heterocycles. The molecular formula is C58H34CoN8O4. The molecule has 12 nitrogen and oxygen atoms in total. The summed E-state index contributed by atoms with van der Waals surface area (Å²) >= 11 is 0. The molecule has 10 rings (SSSR count). The van der Waals surface area contributed by atoms with Gasteiger partial charge in [-0.15, -0.1) is 11.4 Å². The summed E-state index contributed by atoms with van der Waals surface area (Å²) in [6.45, 7) is 21.2. The van der Waals surface area contributed by atoms with Gasteiger partial charge >= 0.3 is 16.8 Å².